The van der Waals surface area contributed by atoms with Crippen molar-refractivity contribution in [1.29, 1.82) is 0 Å². The SMILES string of the molecule is CC(C)(C)c1cccc(-c2cc3cc(C(C)(C)C(=O)O)ccc3[nH]2)c1. The molecule has 2 aromatic carbocycles. The highest BCUT2D eigenvalue weighted by atomic mass is 16.4. The maximum Gasteiger partial charge on any atom is 0.313 e. The van der Waals surface area contributed by atoms with Crippen molar-refractivity contribution in [2.45, 2.75) is 45.4 Å². The number of aromatic amines is 1. The monoisotopic (exact) mass is 335 g/mol. The van der Waals surface area contributed by atoms with E-state index in [1.165, 1.54) is 5.56 Å². The van der Waals surface area contributed by atoms with E-state index in [0.29, 0.717) is 0 Å². The van der Waals surface area contributed by atoms with Crippen molar-refractivity contribution < 1.29 is 9.90 Å². The van der Waals surface area contributed by atoms with E-state index in [4.69, 9.17) is 0 Å². The summed E-state index contributed by atoms with van der Waals surface area (Å²) in [6.07, 6.45) is 0. The first kappa shape index (κ1) is 17.3. The molecule has 3 heteroatoms. The Morgan fingerprint density at radius 3 is 2.28 bits per heavy atom. The number of hydrogen-bond acceptors (Lipinski definition) is 1. The summed E-state index contributed by atoms with van der Waals surface area (Å²) in [6, 6.07) is 16.5. The van der Waals surface area contributed by atoms with Crippen molar-refractivity contribution in [2.24, 2.45) is 0 Å². The second-order valence-corrected chi connectivity index (χ2v) is 8.25. The summed E-state index contributed by atoms with van der Waals surface area (Å²) < 4.78 is 0. The molecule has 0 saturated heterocycles. The summed E-state index contributed by atoms with van der Waals surface area (Å²) in [6.45, 7) is 10.1. The lowest BCUT2D eigenvalue weighted by atomic mass is 9.84. The van der Waals surface area contributed by atoms with Gasteiger partial charge >= 0.3 is 5.97 Å². The number of benzene rings is 2. The Hall–Kier alpha value is -2.55. The number of hydrogen-bond donors (Lipinski definition) is 2. The highest BCUT2D eigenvalue weighted by molar-refractivity contribution is 5.89. The van der Waals surface area contributed by atoms with Gasteiger partial charge in [-0.15, -0.1) is 0 Å². The summed E-state index contributed by atoms with van der Waals surface area (Å²) in [5.74, 6) is -0.819. The van der Waals surface area contributed by atoms with Gasteiger partial charge < -0.3 is 10.1 Å². The standard InChI is InChI=1S/C22H25NO2/c1-21(2,3)16-8-6-7-14(11-16)19-13-15-12-17(9-10-18(15)23-19)22(4,5)20(24)25/h6-13,23H,1-5H3,(H,24,25). The van der Waals surface area contributed by atoms with Gasteiger partial charge in [-0.3, -0.25) is 4.79 Å². The first-order valence-corrected chi connectivity index (χ1v) is 8.56. The molecule has 0 aliphatic carbocycles. The molecule has 0 atom stereocenters. The van der Waals surface area contributed by atoms with Crippen LogP contribution in [0.2, 0.25) is 0 Å². The highest BCUT2D eigenvalue weighted by Crippen LogP contribution is 2.31. The van der Waals surface area contributed by atoms with Crippen molar-refractivity contribution in [3.63, 3.8) is 0 Å². The zero-order chi connectivity index (χ0) is 18.4. The third-order valence-corrected chi connectivity index (χ3v) is 4.92. The normalized spacial score (nSPS) is 12.5. The molecule has 3 rings (SSSR count). The fraction of sp³-hybridized carbons (Fsp3) is 0.318. The van der Waals surface area contributed by atoms with E-state index in [2.05, 4.69) is 56.1 Å². The number of aromatic nitrogens is 1. The van der Waals surface area contributed by atoms with Gasteiger partial charge in [-0.2, -0.15) is 0 Å². The second-order valence-electron chi connectivity index (χ2n) is 8.25. The maximum atomic E-state index is 11.5. The Balaban J connectivity index is 2.07. The molecule has 0 amide bonds. The second kappa shape index (κ2) is 5.76. The molecule has 130 valence electrons. The van der Waals surface area contributed by atoms with Crippen molar-refractivity contribution >= 4 is 16.9 Å². The number of carboxylic acids is 1. The minimum Gasteiger partial charge on any atom is -0.481 e. The molecule has 3 nitrogen and oxygen atoms in total. The van der Waals surface area contributed by atoms with Gasteiger partial charge in [-0.05, 0) is 60.2 Å². The molecule has 25 heavy (non-hydrogen) atoms. The third-order valence-electron chi connectivity index (χ3n) is 4.92. The molecule has 2 N–H and O–H groups in total. The van der Waals surface area contributed by atoms with E-state index in [9.17, 15) is 9.90 Å². The first-order valence-electron chi connectivity index (χ1n) is 8.56. The fourth-order valence-corrected chi connectivity index (χ4v) is 2.95. The van der Waals surface area contributed by atoms with Gasteiger partial charge in [0.1, 0.15) is 0 Å². The van der Waals surface area contributed by atoms with E-state index in [1.807, 2.05) is 18.2 Å². The molecule has 0 radical (unpaired) electrons. The van der Waals surface area contributed by atoms with Crippen LogP contribution in [0.15, 0.2) is 48.5 Å². The number of aliphatic carboxylic acids is 1. The largest absolute Gasteiger partial charge is 0.481 e. The quantitative estimate of drug-likeness (QED) is 0.664. The zero-order valence-corrected chi connectivity index (χ0v) is 15.5. The maximum absolute atomic E-state index is 11.5. The molecule has 0 spiro atoms. The highest BCUT2D eigenvalue weighted by Gasteiger charge is 2.29. The molecule has 0 bridgehead atoms. The number of H-pyrrole nitrogens is 1. The molecule has 1 aromatic heterocycles. The molecule has 0 saturated carbocycles. The lowest BCUT2D eigenvalue weighted by Crippen LogP contribution is -2.28. The first-order chi connectivity index (χ1) is 11.6. The van der Waals surface area contributed by atoms with Crippen LogP contribution in [-0.4, -0.2) is 16.1 Å². The van der Waals surface area contributed by atoms with Crippen LogP contribution in [-0.2, 0) is 15.6 Å². The van der Waals surface area contributed by atoms with Gasteiger partial charge in [0.15, 0.2) is 0 Å². The average Bonchev–Trinajstić information content (AvgIpc) is 2.97. The minimum atomic E-state index is -0.905. The van der Waals surface area contributed by atoms with Crippen LogP contribution < -0.4 is 0 Å². The molecule has 1 heterocycles. The van der Waals surface area contributed by atoms with Crippen LogP contribution >= 0.6 is 0 Å². The number of rotatable bonds is 3. The lowest BCUT2D eigenvalue weighted by Gasteiger charge is -2.19. The number of nitrogens with one attached hydrogen (secondary N) is 1. The Bertz CT molecular complexity index is 942. The fourth-order valence-electron chi connectivity index (χ4n) is 2.95. The van der Waals surface area contributed by atoms with Gasteiger partial charge in [0.2, 0.25) is 0 Å². The van der Waals surface area contributed by atoms with E-state index in [1.54, 1.807) is 13.8 Å². The molecule has 0 aliphatic heterocycles. The van der Waals surface area contributed by atoms with E-state index in [0.717, 1.165) is 27.7 Å². The van der Waals surface area contributed by atoms with Gasteiger partial charge in [0.25, 0.3) is 0 Å². The van der Waals surface area contributed by atoms with Crippen molar-refractivity contribution in [3.05, 3.63) is 59.7 Å². The summed E-state index contributed by atoms with van der Waals surface area (Å²) in [7, 11) is 0. The summed E-state index contributed by atoms with van der Waals surface area (Å²) in [5.41, 5.74) is 4.49. The molecule has 3 aromatic rings. The van der Waals surface area contributed by atoms with Gasteiger partial charge in [-0.1, -0.05) is 45.0 Å². The summed E-state index contributed by atoms with van der Waals surface area (Å²) >= 11 is 0. The zero-order valence-electron chi connectivity index (χ0n) is 15.5. The smallest absolute Gasteiger partial charge is 0.313 e. The van der Waals surface area contributed by atoms with Gasteiger partial charge in [0, 0.05) is 16.6 Å². The minimum absolute atomic E-state index is 0.0979. The summed E-state index contributed by atoms with van der Waals surface area (Å²) in [5, 5.41) is 10.5. The predicted molar refractivity (Wildman–Crippen MR) is 103 cm³/mol. The summed E-state index contributed by atoms with van der Waals surface area (Å²) in [4.78, 5) is 15.0. The Kier molecular flexibility index (Phi) is 3.98. The number of fused-ring (bicyclic) bond motifs is 1. The Labute approximate surface area is 148 Å². The molecule has 0 fully saturated rings. The van der Waals surface area contributed by atoms with Crippen LogP contribution in [0.25, 0.3) is 22.2 Å². The lowest BCUT2D eigenvalue weighted by molar-refractivity contribution is -0.142. The van der Waals surface area contributed by atoms with Crippen molar-refractivity contribution in [2.75, 3.05) is 0 Å². The molecule has 0 aliphatic rings. The predicted octanol–water partition coefficient (Wildman–Crippen LogP) is 5.49. The van der Waals surface area contributed by atoms with Crippen LogP contribution in [0.1, 0.15) is 45.7 Å². The number of carbonyl (C=O) groups is 1. The Morgan fingerprint density at radius 2 is 1.64 bits per heavy atom. The van der Waals surface area contributed by atoms with E-state index >= 15 is 0 Å². The van der Waals surface area contributed by atoms with Crippen LogP contribution in [0.5, 0.6) is 0 Å². The van der Waals surface area contributed by atoms with E-state index in [-0.39, 0.29) is 5.41 Å². The van der Waals surface area contributed by atoms with Gasteiger partial charge in [0.05, 0.1) is 5.41 Å². The Morgan fingerprint density at radius 1 is 0.920 bits per heavy atom. The molecule has 0 unspecified atom stereocenters. The molecular weight excluding hydrogens is 310 g/mol. The number of carboxylic acid groups (broad SMARTS) is 1. The van der Waals surface area contributed by atoms with Crippen LogP contribution in [0, 0.1) is 0 Å². The van der Waals surface area contributed by atoms with Crippen molar-refractivity contribution in [1.82, 2.24) is 4.98 Å². The molecular formula is C22H25NO2. The topological polar surface area (TPSA) is 53.1 Å². The van der Waals surface area contributed by atoms with Gasteiger partial charge in [-0.25, -0.2) is 0 Å². The van der Waals surface area contributed by atoms with Crippen LogP contribution in [0.4, 0.5) is 0 Å². The van der Waals surface area contributed by atoms with Crippen molar-refractivity contribution in [3.8, 4) is 11.3 Å². The van der Waals surface area contributed by atoms with Crippen LogP contribution in [0.3, 0.4) is 0 Å². The van der Waals surface area contributed by atoms with E-state index < -0.39 is 11.4 Å². The average molecular weight is 335 g/mol. The third kappa shape index (κ3) is 3.19.